The van der Waals surface area contributed by atoms with Gasteiger partial charge in [-0.15, -0.1) is 0 Å². The van der Waals surface area contributed by atoms with E-state index in [-0.39, 0.29) is 35.5 Å². The summed E-state index contributed by atoms with van der Waals surface area (Å²) in [6, 6.07) is 3.16. The van der Waals surface area contributed by atoms with Crippen molar-refractivity contribution in [3.05, 3.63) is 23.8 Å². The maximum absolute atomic E-state index is 12.5. The second-order valence-electron chi connectivity index (χ2n) is 6.38. The molecular formula is C17H21F6N3O3. The Kier molecular flexibility index (Phi) is 7.96. The highest BCUT2D eigenvalue weighted by Crippen LogP contribution is 2.28. The summed E-state index contributed by atoms with van der Waals surface area (Å²) in [5.41, 5.74) is -0.146. The quantitative estimate of drug-likeness (QED) is 0.301. The van der Waals surface area contributed by atoms with Gasteiger partial charge in [-0.3, -0.25) is 0 Å². The van der Waals surface area contributed by atoms with Crippen LogP contribution >= 0.6 is 0 Å². The Morgan fingerprint density at radius 3 is 2.34 bits per heavy atom. The lowest BCUT2D eigenvalue weighted by atomic mass is 10.1. The zero-order valence-corrected chi connectivity index (χ0v) is 15.3. The van der Waals surface area contributed by atoms with Gasteiger partial charge in [-0.1, -0.05) is 6.42 Å². The van der Waals surface area contributed by atoms with Gasteiger partial charge in [-0.25, -0.2) is 4.99 Å². The van der Waals surface area contributed by atoms with Crippen molar-refractivity contribution in [1.82, 2.24) is 5.32 Å². The standard InChI is InChI=1S/C17H21F6N3O3/c18-16(19,20)9-27-12-4-5-14(28-10-17(21,22)23)13(7-12)15(29-24)26-8-11-3-1-2-6-25-11/h4-5,7,11,25H,1-3,6,8-10,24H2. The molecule has 0 aliphatic carbocycles. The second kappa shape index (κ2) is 10.0. The molecule has 0 saturated carbocycles. The van der Waals surface area contributed by atoms with E-state index in [0.717, 1.165) is 44.0 Å². The van der Waals surface area contributed by atoms with Crippen LogP contribution in [0.15, 0.2) is 23.2 Å². The number of ether oxygens (including phenoxy) is 2. The molecule has 12 heteroatoms. The number of nitrogens with one attached hydrogen (secondary N) is 1. The first-order chi connectivity index (χ1) is 13.6. The van der Waals surface area contributed by atoms with Crippen LogP contribution in [0.3, 0.4) is 0 Å². The van der Waals surface area contributed by atoms with Crippen molar-refractivity contribution in [1.29, 1.82) is 0 Å². The van der Waals surface area contributed by atoms with Gasteiger partial charge in [0.25, 0.3) is 0 Å². The Morgan fingerprint density at radius 2 is 1.76 bits per heavy atom. The number of nitrogens with zero attached hydrogens (tertiary/aromatic N) is 1. The third-order valence-electron chi connectivity index (χ3n) is 3.95. The summed E-state index contributed by atoms with van der Waals surface area (Å²) in [6.45, 7) is -2.15. The molecule has 164 valence electrons. The molecule has 0 bridgehead atoms. The monoisotopic (exact) mass is 429 g/mol. The van der Waals surface area contributed by atoms with E-state index in [9.17, 15) is 26.3 Å². The van der Waals surface area contributed by atoms with E-state index in [1.807, 2.05) is 0 Å². The second-order valence-corrected chi connectivity index (χ2v) is 6.38. The lowest BCUT2D eigenvalue weighted by Crippen LogP contribution is -2.36. The summed E-state index contributed by atoms with van der Waals surface area (Å²) in [5, 5.41) is 3.22. The fourth-order valence-electron chi connectivity index (χ4n) is 2.68. The average Bonchev–Trinajstić information content (AvgIpc) is 2.65. The Bertz CT molecular complexity index is 688. The maximum atomic E-state index is 12.5. The molecule has 0 spiro atoms. The summed E-state index contributed by atoms with van der Waals surface area (Å²) in [4.78, 5) is 8.84. The normalized spacial score (nSPS) is 18.4. The molecule has 0 radical (unpaired) electrons. The van der Waals surface area contributed by atoms with Crippen LogP contribution in [0.1, 0.15) is 24.8 Å². The summed E-state index contributed by atoms with van der Waals surface area (Å²) in [5.74, 6) is 4.39. The summed E-state index contributed by atoms with van der Waals surface area (Å²) >= 11 is 0. The van der Waals surface area contributed by atoms with Crippen molar-refractivity contribution < 1.29 is 40.7 Å². The molecule has 6 nitrogen and oxygen atoms in total. The number of hydrogen-bond donors (Lipinski definition) is 2. The molecule has 2 rings (SSSR count). The van der Waals surface area contributed by atoms with Crippen molar-refractivity contribution in [2.45, 2.75) is 37.7 Å². The Morgan fingerprint density at radius 1 is 1.07 bits per heavy atom. The first kappa shape index (κ1) is 23.1. The molecule has 3 N–H and O–H groups in total. The molecule has 1 aliphatic rings. The van der Waals surface area contributed by atoms with Crippen LogP contribution in [-0.2, 0) is 4.84 Å². The van der Waals surface area contributed by atoms with Gasteiger partial charge >= 0.3 is 12.4 Å². The smallest absolute Gasteiger partial charge is 0.422 e. The number of piperidine rings is 1. The highest BCUT2D eigenvalue weighted by atomic mass is 19.4. The first-order valence-corrected chi connectivity index (χ1v) is 8.75. The molecular weight excluding hydrogens is 408 g/mol. The molecule has 1 aromatic rings. The minimum atomic E-state index is -4.62. The van der Waals surface area contributed by atoms with Crippen molar-refractivity contribution in [2.24, 2.45) is 10.9 Å². The molecule has 1 aliphatic heterocycles. The molecule has 1 atom stereocenters. The van der Waals surface area contributed by atoms with E-state index in [1.165, 1.54) is 0 Å². The number of alkyl halides is 6. The largest absolute Gasteiger partial charge is 0.484 e. The first-order valence-electron chi connectivity index (χ1n) is 8.75. The van der Waals surface area contributed by atoms with Gasteiger partial charge < -0.3 is 19.6 Å². The van der Waals surface area contributed by atoms with Crippen LogP contribution in [0.4, 0.5) is 26.3 Å². The summed E-state index contributed by atoms with van der Waals surface area (Å²) < 4.78 is 84.0. The van der Waals surface area contributed by atoms with Crippen LogP contribution in [-0.4, -0.2) is 50.6 Å². The van der Waals surface area contributed by atoms with E-state index in [2.05, 4.69) is 19.9 Å². The molecule has 1 saturated heterocycles. The third kappa shape index (κ3) is 8.36. The van der Waals surface area contributed by atoms with Crippen molar-refractivity contribution in [2.75, 3.05) is 26.3 Å². The fraction of sp³-hybridized carbons (Fsp3) is 0.588. The Hall–Kier alpha value is -2.21. The van der Waals surface area contributed by atoms with Gasteiger partial charge in [0.1, 0.15) is 11.5 Å². The van der Waals surface area contributed by atoms with Gasteiger partial charge in [-0.2, -0.15) is 32.2 Å². The van der Waals surface area contributed by atoms with E-state index in [0.29, 0.717) is 0 Å². The van der Waals surface area contributed by atoms with Gasteiger partial charge in [0.05, 0.1) is 12.1 Å². The van der Waals surface area contributed by atoms with Gasteiger partial charge in [0.15, 0.2) is 13.2 Å². The number of halogens is 6. The summed E-state index contributed by atoms with van der Waals surface area (Å²) in [7, 11) is 0. The predicted octanol–water partition coefficient (Wildman–Crippen LogP) is 3.35. The third-order valence-corrected chi connectivity index (χ3v) is 3.95. The van der Waals surface area contributed by atoms with Crippen LogP contribution in [0.25, 0.3) is 0 Å². The molecule has 1 aromatic carbocycles. The number of aliphatic imine (C=N–C) groups is 1. The number of benzene rings is 1. The zero-order valence-electron chi connectivity index (χ0n) is 15.3. The van der Waals surface area contributed by atoms with Crippen molar-refractivity contribution in [3.63, 3.8) is 0 Å². The molecule has 29 heavy (non-hydrogen) atoms. The number of nitrogens with two attached hydrogens (primary N) is 1. The van der Waals surface area contributed by atoms with Crippen molar-refractivity contribution >= 4 is 5.90 Å². The van der Waals surface area contributed by atoms with E-state index in [1.54, 1.807) is 0 Å². The molecule has 0 amide bonds. The van der Waals surface area contributed by atoms with Gasteiger partial charge in [-0.05, 0) is 37.6 Å². The van der Waals surface area contributed by atoms with Crippen LogP contribution in [0, 0.1) is 0 Å². The topological polar surface area (TPSA) is 78.1 Å². The molecule has 0 aromatic heterocycles. The Labute approximate surface area is 163 Å². The fourth-order valence-corrected chi connectivity index (χ4v) is 2.68. The lowest BCUT2D eigenvalue weighted by Gasteiger charge is -2.22. The van der Waals surface area contributed by atoms with E-state index < -0.39 is 25.6 Å². The minimum Gasteiger partial charge on any atom is -0.484 e. The average molecular weight is 429 g/mol. The molecule has 1 fully saturated rings. The molecule has 1 heterocycles. The lowest BCUT2D eigenvalue weighted by molar-refractivity contribution is -0.154. The Balaban J connectivity index is 2.25. The van der Waals surface area contributed by atoms with Crippen LogP contribution < -0.4 is 20.7 Å². The summed E-state index contributed by atoms with van der Waals surface area (Å²) in [6.07, 6.45) is -6.34. The maximum Gasteiger partial charge on any atom is 0.422 e. The number of rotatable bonds is 7. The van der Waals surface area contributed by atoms with Gasteiger partial charge in [0.2, 0.25) is 5.90 Å². The van der Waals surface area contributed by atoms with Crippen molar-refractivity contribution in [3.8, 4) is 11.5 Å². The molecule has 1 unspecified atom stereocenters. The van der Waals surface area contributed by atoms with Gasteiger partial charge in [0, 0.05) is 6.04 Å². The highest BCUT2D eigenvalue weighted by Gasteiger charge is 2.30. The van der Waals surface area contributed by atoms with Crippen LogP contribution in [0.2, 0.25) is 0 Å². The SMILES string of the molecule is NOC(=NCC1CCCCN1)c1cc(OCC(F)(F)F)ccc1OCC(F)(F)F. The zero-order chi connectivity index (χ0) is 21.5. The van der Waals surface area contributed by atoms with E-state index in [4.69, 9.17) is 10.6 Å². The predicted molar refractivity (Wildman–Crippen MR) is 91.9 cm³/mol. The minimum absolute atomic E-state index is 0.0260. The van der Waals surface area contributed by atoms with Crippen LogP contribution in [0.5, 0.6) is 11.5 Å². The highest BCUT2D eigenvalue weighted by molar-refractivity contribution is 5.97. The van der Waals surface area contributed by atoms with E-state index >= 15 is 0 Å². The number of hydrogen-bond acceptors (Lipinski definition) is 6.